The number of hydrogen-bond donors (Lipinski definition) is 1. The topological polar surface area (TPSA) is 29.9 Å². The summed E-state index contributed by atoms with van der Waals surface area (Å²) in [5.74, 6) is -0.579. The van der Waals surface area contributed by atoms with Crippen LogP contribution in [-0.4, -0.2) is 16.8 Å². The van der Waals surface area contributed by atoms with E-state index >= 15 is 0 Å². The number of nitrogens with one attached hydrogen (secondary N) is 1. The van der Waals surface area contributed by atoms with Gasteiger partial charge in [0.15, 0.2) is 0 Å². The Morgan fingerprint density at radius 3 is 2.47 bits per heavy atom. The standard InChI is InChI=1S/C10H9F2N3/c1-13-10-2-3-14-15(10)9-5-7(11)4-8(12)6-9/h2-6,13H,1H3. The number of benzene rings is 1. The zero-order valence-corrected chi connectivity index (χ0v) is 8.04. The Morgan fingerprint density at radius 1 is 1.20 bits per heavy atom. The van der Waals surface area contributed by atoms with Crippen LogP contribution in [0.3, 0.4) is 0 Å². The van der Waals surface area contributed by atoms with Crippen molar-refractivity contribution >= 4 is 5.82 Å². The van der Waals surface area contributed by atoms with Crippen LogP contribution in [0.15, 0.2) is 30.5 Å². The summed E-state index contributed by atoms with van der Waals surface area (Å²) < 4.78 is 27.3. The van der Waals surface area contributed by atoms with Crippen LogP contribution in [0.1, 0.15) is 0 Å². The number of halogens is 2. The first-order valence-corrected chi connectivity index (χ1v) is 4.39. The molecule has 15 heavy (non-hydrogen) atoms. The summed E-state index contributed by atoms with van der Waals surface area (Å²) in [5.41, 5.74) is 0.349. The Hall–Kier alpha value is -1.91. The van der Waals surface area contributed by atoms with Gasteiger partial charge in [0.05, 0.1) is 11.9 Å². The van der Waals surface area contributed by atoms with Gasteiger partial charge in [-0.1, -0.05) is 0 Å². The minimum atomic E-state index is -0.623. The fourth-order valence-electron chi connectivity index (χ4n) is 1.36. The molecule has 3 nitrogen and oxygen atoms in total. The summed E-state index contributed by atoms with van der Waals surface area (Å²) in [6.45, 7) is 0. The number of anilines is 1. The van der Waals surface area contributed by atoms with E-state index in [1.807, 2.05) is 0 Å². The maximum atomic E-state index is 13.0. The third kappa shape index (κ3) is 1.81. The van der Waals surface area contributed by atoms with Gasteiger partial charge in [-0.3, -0.25) is 0 Å². The molecule has 78 valence electrons. The second kappa shape index (κ2) is 3.68. The van der Waals surface area contributed by atoms with Crippen molar-refractivity contribution in [3.8, 4) is 5.69 Å². The van der Waals surface area contributed by atoms with Crippen LogP contribution in [0.4, 0.5) is 14.6 Å². The Labute approximate surface area is 85.3 Å². The van der Waals surface area contributed by atoms with E-state index in [2.05, 4.69) is 10.4 Å². The van der Waals surface area contributed by atoms with Crippen molar-refractivity contribution in [3.05, 3.63) is 42.1 Å². The molecule has 0 unspecified atom stereocenters. The summed E-state index contributed by atoms with van der Waals surface area (Å²) in [6, 6.07) is 4.97. The van der Waals surface area contributed by atoms with Gasteiger partial charge in [-0.15, -0.1) is 0 Å². The zero-order chi connectivity index (χ0) is 10.8. The van der Waals surface area contributed by atoms with Crippen LogP contribution in [0.25, 0.3) is 5.69 Å². The Morgan fingerprint density at radius 2 is 1.87 bits per heavy atom. The summed E-state index contributed by atoms with van der Waals surface area (Å²) in [6.07, 6.45) is 1.55. The fraction of sp³-hybridized carbons (Fsp3) is 0.100. The van der Waals surface area contributed by atoms with Gasteiger partial charge in [-0.2, -0.15) is 5.10 Å². The molecule has 2 rings (SSSR count). The van der Waals surface area contributed by atoms with Crippen LogP contribution < -0.4 is 5.32 Å². The number of aromatic nitrogens is 2. The monoisotopic (exact) mass is 209 g/mol. The van der Waals surface area contributed by atoms with Crippen molar-refractivity contribution in [1.29, 1.82) is 0 Å². The lowest BCUT2D eigenvalue weighted by molar-refractivity contribution is 0.580. The zero-order valence-electron chi connectivity index (χ0n) is 8.04. The van der Waals surface area contributed by atoms with Crippen LogP contribution >= 0.6 is 0 Å². The third-order valence-electron chi connectivity index (χ3n) is 1.99. The average molecular weight is 209 g/mol. The molecule has 1 N–H and O–H groups in total. The molecule has 0 saturated heterocycles. The normalized spacial score (nSPS) is 10.3. The maximum Gasteiger partial charge on any atom is 0.129 e. The SMILES string of the molecule is CNc1ccnn1-c1cc(F)cc(F)c1. The van der Waals surface area contributed by atoms with E-state index in [9.17, 15) is 8.78 Å². The second-order valence-corrected chi connectivity index (χ2v) is 3.01. The van der Waals surface area contributed by atoms with Crippen molar-refractivity contribution in [1.82, 2.24) is 9.78 Å². The molecule has 0 saturated carbocycles. The molecular formula is C10H9F2N3. The highest BCUT2D eigenvalue weighted by Crippen LogP contribution is 2.16. The molecule has 0 amide bonds. The Bertz CT molecular complexity index is 459. The van der Waals surface area contributed by atoms with Crippen molar-refractivity contribution in [2.75, 3.05) is 12.4 Å². The van der Waals surface area contributed by atoms with Gasteiger partial charge in [0, 0.05) is 19.2 Å². The summed E-state index contributed by atoms with van der Waals surface area (Å²) in [5, 5.41) is 6.83. The van der Waals surface area contributed by atoms with Gasteiger partial charge >= 0.3 is 0 Å². The lowest BCUT2D eigenvalue weighted by Crippen LogP contribution is -2.02. The Balaban J connectivity index is 2.53. The number of rotatable bonds is 2. The van der Waals surface area contributed by atoms with Crippen molar-refractivity contribution in [2.24, 2.45) is 0 Å². The van der Waals surface area contributed by atoms with Gasteiger partial charge in [-0.25, -0.2) is 13.5 Å². The molecule has 0 aliphatic rings. The first-order valence-electron chi connectivity index (χ1n) is 4.39. The van der Waals surface area contributed by atoms with E-state index < -0.39 is 11.6 Å². The van der Waals surface area contributed by atoms with E-state index in [1.54, 1.807) is 19.3 Å². The molecule has 0 radical (unpaired) electrons. The maximum absolute atomic E-state index is 13.0. The number of hydrogen-bond acceptors (Lipinski definition) is 2. The molecule has 1 heterocycles. The number of nitrogens with zero attached hydrogens (tertiary/aromatic N) is 2. The highest BCUT2D eigenvalue weighted by molar-refractivity contribution is 5.44. The highest BCUT2D eigenvalue weighted by atomic mass is 19.1. The molecule has 0 fully saturated rings. The lowest BCUT2D eigenvalue weighted by Gasteiger charge is -2.06. The molecule has 0 aliphatic carbocycles. The van der Waals surface area contributed by atoms with Crippen LogP contribution in [-0.2, 0) is 0 Å². The predicted molar refractivity (Wildman–Crippen MR) is 53.0 cm³/mol. The van der Waals surface area contributed by atoms with E-state index in [0.717, 1.165) is 6.07 Å². The second-order valence-electron chi connectivity index (χ2n) is 3.01. The van der Waals surface area contributed by atoms with Gasteiger partial charge in [0.2, 0.25) is 0 Å². The van der Waals surface area contributed by atoms with Crippen LogP contribution in [0.2, 0.25) is 0 Å². The van der Waals surface area contributed by atoms with Crippen LogP contribution in [0, 0.1) is 11.6 Å². The average Bonchev–Trinajstić information content (AvgIpc) is 2.63. The molecule has 0 spiro atoms. The van der Waals surface area contributed by atoms with E-state index in [-0.39, 0.29) is 0 Å². The van der Waals surface area contributed by atoms with Gasteiger partial charge in [0.1, 0.15) is 17.5 Å². The highest BCUT2D eigenvalue weighted by Gasteiger charge is 2.06. The van der Waals surface area contributed by atoms with Gasteiger partial charge in [-0.05, 0) is 12.1 Å². The molecule has 1 aromatic heterocycles. The molecule has 2 aromatic rings. The van der Waals surface area contributed by atoms with Gasteiger partial charge < -0.3 is 5.32 Å². The van der Waals surface area contributed by atoms with E-state index in [4.69, 9.17) is 0 Å². The van der Waals surface area contributed by atoms with Crippen molar-refractivity contribution < 1.29 is 8.78 Å². The van der Waals surface area contributed by atoms with Gasteiger partial charge in [0.25, 0.3) is 0 Å². The van der Waals surface area contributed by atoms with E-state index in [1.165, 1.54) is 16.8 Å². The quantitative estimate of drug-likeness (QED) is 0.821. The molecule has 1 aromatic carbocycles. The summed E-state index contributed by atoms with van der Waals surface area (Å²) in [7, 11) is 1.71. The molecule has 0 aliphatic heterocycles. The summed E-state index contributed by atoms with van der Waals surface area (Å²) >= 11 is 0. The predicted octanol–water partition coefficient (Wildman–Crippen LogP) is 2.19. The molecule has 0 bridgehead atoms. The van der Waals surface area contributed by atoms with E-state index in [0.29, 0.717) is 11.5 Å². The molecule has 5 heteroatoms. The van der Waals surface area contributed by atoms with Crippen molar-refractivity contribution in [2.45, 2.75) is 0 Å². The largest absolute Gasteiger partial charge is 0.373 e. The first kappa shape index (κ1) is 9.64. The first-order chi connectivity index (χ1) is 7.20. The lowest BCUT2D eigenvalue weighted by atomic mass is 10.3. The summed E-state index contributed by atoms with van der Waals surface area (Å²) in [4.78, 5) is 0. The minimum Gasteiger partial charge on any atom is -0.373 e. The minimum absolute atomic E-state index is 0.349. The molecular weight excluding hydrogens is 200 g/mol. The smallest absolute Gasteiger partial charge is 0.129 e. The van der Waals surface area contributed by atoms with Crippen molar-refractivity contribution in [3.63, 3.8) is 0 Å². The fourth-order valence-corrected chi connectivity index (χ4v) is 1.36. The van der Waals surface area contributed by atoms with Crippen LogP contribution in [0.5, 0.6) is 0 Å². The Kier molecular flexibility index (Phi) is 2.37. The third-order valence-corrected chi connectivity index (χ3v) is 1.99. The molecule has 0 atom stereocenters.